The molecular weight excluding hydrogens is 404 g/mol. The highest BCUT2D eigenvalue weighted by atomic mass is 32.2. The Morgan fingerprint density at radius 2 is 1.80 bits per heavy atom. The fourth-order valence-corrected chi connectivity index (χ4v) is 4.82. The highest BCUT2D eigenvalue weighted by molar-refractivity contribution is 7.89. The maximum Gasteiger partial charge on any atom is 0.243 e. The third-order valence-electron chi connectivity index (χ3n) is 5.02. The van der Waals surface area contributed by atoms with Crippen LogP contribution in [-0.2, 0) is 19.6 Å². The second-order valence-electron chi connectivity index (χ2n) is 7.34. The smallest absolute Gasteiger partial charge is 0.243 e. The van der Waals surface area contributed by atoms with E-state index >= 15 is 0 Å². The summed E-state index contributed by atoms with van der Waals surface area (Å²) in [4.78, 5) is 12.6. The first-order valence-electron chi connectivity index (χ1n) is 10.1. The molecule has 7 nitrogen and oxygen atoms in total. The zero-order valence-electron chi connectivity index (χ0n) is 17.3. The van der Waals surface area contributed by atoms with Gasteiger partial charge in [0.25, 0.3) is 0 Å². The predicted octanol–water partition coefficient (Wildman–Crippen LogP) is 4.02. The van der Waals surface area contributed by atoms with Crippen molar-refractivity contribution in [1.29, 1.82) is 0 Å². The number of amides is 1. The van der Waals surface area contributed by atoms with E-state index in [9.17, 15) is 13.2 Å². The number of piperidine rings is 1. The number of rotatable bonds is 8. The molecule has 0 aromatic heterocycles. The summed E-state index contributed by atoms with van der Waals surface area (Å²) < 4.78 is 38.7. The Hall–Kier alpha value is -2.42. The van der Waals surface area contributed by atoms with Crippen molar-refractivity contribution in [1.82, 2.24) is 4.31 Å². The van der Waals surface area contributed by atoms with Gasteiger partial charge in [-0.25, -0.2) is 8.42 Å². The normalized spacial score (nSPS) is 16.1. The molecule has 0 aliphatic carbocycles. The molecule has 1 amide bonds. The van der Waals surface area contributed by atoms with Crippen molar-refractivity contribution in [3.8, 4) is 11.5 Å². The van der Waals surface area contributed by atoms with Crippen molar-refractivity contribution in [2.75, 3.05) is 25.5 Å². The molecule has 1 saturated heterocycles. The number of methoxy groups -OCH3 is 1. The number of hydrogen-bond donors (Lipinski definition) is 1. The van der Waals surface area contributed by atoms with Gasteiger partial charge in [-0.1, -0.05) is 24.6 Å². The summed E-state index contributed by atoms with van der Waals surface area (Å²) in [5, 5.41) is 2.78. The van der Waals surface area contributed by atoms with Gasteiger partial charge in [-0.15, -0.1) is 0 Å². The van der Waals surface area contributed by atoms with Crippen molar-refractivity contribution in [2.24, 2.45) is 0 Å². The van der Waals surface area contributed by atoms with Crippen LogP contribution < -0.4 is 10.1 Å². The van der Waals surface area contributed by atoms with E-state index in [1.165, 1.54) is 23.5 Å². The molecule has 2 aromatic rings. The van der Waals surface area contributed by atoms with Crippen LogP contribution in [0.1, 0.15) is 32.6 Å². The molecule has 2 aromatic carbocycles. The zero-order valence-corrected chi connectivity index (χ0v) is 18.2. The SMILES string of the molecule is COC(C)CC(=O)Nc1cc(S(=O)(=O)N2CCCCC2)ccc1Oc1ccccc1. The number of anilines is 1. The van der Waals surface area contributed by atoms with Crippen LogP contribution in [0.15, 0.2) is 53.4 Å². The number of sulfonamides is 1. The Morgan fingerprint density at radius 3 is 2.47 bits per heavy atom. The molecule has 1 atom stereocenters. The number of hydrogen-bond acceptors (Lipinski definition) is 5. The molecule has 1 aliphatic rings. The van der Waals surface area contributed by atoms with Gasteiger partial charge in [0.15, 0.2) is 5.75 Å². The molecule has 1 fully saturated rings. The lowest BCUT2D eigenvalue weighted by molar-refractivity contribution is -0.118. The molecule has 1 N–H and O–H groups in total. The average Bonchev–Trinajstić information content (AvgIpc) is 2.76. The Kier molecular flexibility index (Phi) is 7.47. The van der Waals surface area contributed by atoms with Crippen molar-refractivity contribution in [3.05, 3.63) is 48.5 Å². The van der Waals surface area contributed by atoms with E-state index in [2.05, 4.69) is 5.32 Å². The molecule has 3 rings (SSSR count). The third kappa shape index (κ3) is 5.59. The highest BCUT2D eigenvalue weighted by Crippen LogP contribution is 2.33. The van der Waals surface area contributed by atoms with Gasteiger partial charge in [-0.3, -0.25) is 4.79 Å². The van der Waals surface area contributed by atoms with Crippen LogP contribution in [0.4, 0.5) is 5.69 Å². The van der Waals surface area contributed by atoms with Gasteiger partial charge in [-0.2, -0.15) is 4.31 Å². The second-order valence-corrected chi connectivity index (χ2v) is 9.27. The second kappa shape index (κ2) is 10.1. The van der Waals surface area contributed by atoms with Crippen LogP contribution in [-0.4, -0.2) is 44.9 Å². The van der Waals surface area contributed by atoms with Crippen molar-refractivity contribution in [3.63, 3.8) is 0 Å². The quantitative estimate of drug-likeness (QED) is 0.681. The molecule has 0 saturated carbocycles. The summed E-state index contributed by atoms with van der Waals surface area (Å²) in [5.41, 5.74) is 0.310. The van der Waals surface area contributed by atoms with Gasteiger partial charge in [0.05, 0.1) is 23.1 Å². The number of benzene rings is 2. The van der Waals surface area contributed by atoms with Crippen molar-refractivity contribution >= 4 is 21.6 Å². The highest BCUT2D eigenvalue weighted by Gasteiger charge is 2.27. The van der Waals surface area contributed by atoms with Gasteiger partial charge in [0, 0.05) is 20.2 Å². The Labute approximate surface area is 178 Å². The third-order valence-corrected chi connectivity index (χ3v) is 6.92. The Morgan fingerprint density at radius 1 is 1.10 bits per heavy atom. The summed E-state index contributed by atoms with van der Waals surface area (Å²) in [6.07, 6.45) is 2.63. The molecule has 1 heterocycles. The Bertz CT molecular complexity index is 957. The lowest BCUT2D eigenvalue weighted by atomic mass is 10.2. The maximum absolute atomic E-state index is 13.1. The molecule has 0 radical (unpaired) electrons. The summed E-state index contributed by atoms with van der Waals surface area (Å²) in [7, 11) is -2.10. The van der Waals surface area contributed by atoms with Crippen molar-refractivity contribution < 1.29 is 22.7 Å². The molecule has 8 heteroatoms. The lowest BCUT2D eigenvalue weighted by Crippen LogP contribution is -2.35. The van der Waals surface area contributed by atoms with Gasteiger partial charge < -0.3 is 14.8 Å². The number of para-hydroxylation sites is 1. The number of carbonyl (C=O) groups excluding carboxylic acids is 1. The first-order chi connectivity index (χ1) is 14.4. The maximum atomic E-state index is 13.1. The summed E-state index contributed by atoms with van der Waals surface area (Å²) in [6, 6.07) is 13.7. The van der Waals surface area contributed by atoms with Gasteiger partial charge in [0.1, 0.15) is 5.75 Å². The van der Waals surface area contributed by atoms with Crippen LogP contribution in [0.25, 0.3) is 0 Å². The molecule has 162 valence electrons. The fourth-order valence-electron chi connectivity index (χ4n) is 3.27. The molecule has 30 heavy (non-hydrogen) atoms. The van der Waals surface area contributed by atoms with E-state index in [0.29, 0.717) is 30.3 Å². The van der Waals surface area contributed by atoms with Crippen LogP contribution in [0.2, 0.25) is 0 Å². The van der Waals surface area contributed by atoms with E-state index in [1.54, 1.807) is 25.1 Å². The molecule has 1 aliphatic heterocycles. The molecular formula is C22H28N2O5S. The Balaban J connectivity index is 1.91. The van der Waals surface area contributed by atoms with E-state index in [4.69, 9.17) is 9.47 Å². The van der Waals surface area contributed by atoms with Crippen molar-refractivity contribution in [2.45, 2.75) is 43.6 Å². The van der Waals surface area contributed by atoms with E-state index in [1.807, 2.05) is 18.2 Å². The first kappa shape index (κ1) is 22.3. The first-order valence-corrected chi connectivity index (χ1v) is 11.5. The number of ether oxygens (including phenoxy) is 2. The van der Waals surface area contributed by atoms with Gasteiger partial charge in [0.2, 0.25) is 15.9 Å². The minimum atomic E-state index is -3.64. The number of nitrogens with zero attached hydrogens (tertiary/aromatic N) is 1. The van der Waals surface area contributed by atoms with Crippen LogP contribution in [0, 0.1) is 0 Å². The van der Waals surface area contributed by atoms with Crippen LogP contribution >= 0.6 is 0 Å². The van der Waals surface area contributed by atoms with E-state index < -0.39 is 10.0 Å². The molecule has 0 spiro atoms. The summed E-state index contributed by atoms with van der Waals surface area (Å²) in [6.45, 7) is 2.81. The summed E-state index contributed by atoms with van der Waals surface area (Å²) >= 11 is 0. The van der Waals surface area contributed by atoms with Crippen LogP contribution in [0.3, 0.4) is 0 Å². The van der Waals surface area contributed by atoms with Gasteiger partial charge in [-0.05, 0) is 50.1 Å². The molecule has 1 unspecified atom stereocenters. The van der Waals surface area contributed by atoms with Gasteiger partial charge >= 0.3 is 0 Å². The van der Waals surface area contributed by atoms with E-state index in [-0.39, 0.29) is 23.3 Å². The summed E-state index contributed by atoms with van der Waals surface area (Å²) in [5.74, 6) is 0.678. The minimum absolute atomic E-state index is 0.139. The fraction of sp³-hybridized carbons (Fsp3) is 0.409. The van der Waals surface area contributed by atoms with Crippen LogP contribution in [0.5, 0.6) is 11.5 Å². The standard InChI is InChI=1S/C22H28N2O5S/c1-17(28-2)15-22(25)23-20-16-19(30(26,27)24-13-7-4-8-14-24)11-12-21(20)29-18-9-5-3-6-10-18/h3,5-6,9-12,16-17H,4,7-8,13-15H2,1-2H3,(H,23,25). The minimum Gasteiger partial charge on any atom is -0.455 e. The topological polar surface area (TPSA) is 84.9 Å². The molecule has 0 bridgehead atoms. The monoisotopic (exact) mass is 432 g/mol. The predicted molar refractivity (Wildman–Crippen MR) is 115 cm³/mol. The average molecular weight is 433 g/mol. The largest absolute Gasteiger partial charge is 0.455 e. The number of carbonyl (C=O) groups is 1. The number of nitrogens with one attached hydrogen (secondary N) is 1. The lowest BCUT2D eigenvalue weighted by Gasteiger charge is -2.26. The van der Waals surface area contributed by atoms with E-state index in [0.717, 1.165) is 19.3 Å². The zero-order chi connectivity index (χ0) is 21.6.